The van der Waals surface area contributed by atoms with Crippen LogP contribution < -0.4 is 5.32 Å². The first kappa shape index (κ1) is 11.9. The summed E-state index contributed by atoms with van der Waals surface area (Å²) in [4.78, 5) is 5.05. The van der Waals surface area contributed by atoms with Crippen LogP contribution in [0.25, 0.3) is 0 Å². The van der Waals surface area contributed by atoms with Crippen LogP contribution in [0.4, 0.5) is 0 Å². The van der Waals surface area contributed by atoms with Crippen LogP contribution in [0, 0.1) is 11.8 Å². The SMILES string of the molecule is CN1CCN(CCNC(C2CC2)C2CC2)CC1. The van der Waals surface area contributed by atoms with Crippen LogP contribution in [0.5, 0.6) is 0 Å². The van der Waals surface area contributed by atoms with Crippen molar-refractivity contribution in [2.24, 2.45) is 11.8 Å². The van der Waals surface area contributed by atoms with Gasteiger partial charge >= 0.3 is 0 Å². The first-order valence-electron chi connectivity index (χ1n) is 7.47. The molecule has 2 aliphatic carbocycles. The van der Waals surface area contributed by atoms with Crippen molar-refractivity contribution in [2.45, 2.75) is 31.7 Å². The second kappa shape index (κ2) is 5.25. The first-order chi connectivity index (χ1) is 8.33. The highest BCUT2D eigenvalue weighted by molar-refractivity contribution is 4.96. The van der Waals surface area contributed by atoms with E-state index in [1.165, 1.54) is 65.0 Å². The topological polar surface area (TPSA) is 18.5 Å². The largest absolute Gasteiger partial charge is 0.312 e. The van der Waals surface area contributed by atoms with E-state index in [4.69, 9.17) is 0 Å². The second-order valence-corrected chi connectivity index (χ2v) is 6.30. The van der Waals surface area contributed by atoms with Crippen LogP contribution in [-0.2, 0) is 0 Å². The minimum Gasteiger partial charge on any atom is -0.312 e. The summed E-state index contributed by atoms with van der Waals surface area (Å²) in [5.41, 5.74) is 0. The van der Waals surface area contributed by atoms with E-state index in [1.54, 1.807) is 0 Å². The van der Waals surface area contributed by atoms with Crippen molar-refractivity contribution in [2.75, 3.05) is 46.3 Å². The van der Waals surface area contributed by atoms with Crippen molar-refractivity contribution >= 4 is 0 Å². The molecule has 0 spiro atoms. The van der Waals surface area contributed by atoms with Gasteiger partial charge in [0.1, 0.15) is 0 Å². The summed E-state index contributed by atoms with van der Waals surface area (Å²) < 4.78 is 0. The fraction of sp³-hybridized carbons (Fsp3) is 1.00. The highest BCUT2D eigenvalue weighted by Crippen LogP contribution is 2.44. The van der Waals surface area contributed by atoms with Gasteiger partial charge in [0, 0.05) is 45.3 Å². The Kier molecular flexibility index (Phi) is 3.69. The predicted molar refractivity (Wildman–Crippen MR) is 71.2 cm³/mol. The van der Waals surface area contributed by atoms with E-state index in [2.05, 4.69) is 22.2 Å². The second-order valence-electron chi connectivity index (χ2n) is 6.30. The molecule has 0 radical (unpaired) electrons. The smallest absolute Gasteiger partial charge is 0.0124 e. The Morgan fingerprint density at radius 1 is 1.00 bits per heavy atom. The lowest BCUT2D eigenvalue weighted by molar-refractivity contribution is 0.152. The van der Waals surface area contributed by atoms with Crippen LogP contribution in [0.2, 0.25) is 0 Å². The summed E-state index contributed by atoms with van der Waals surface area (Å²) in [5, 5.41) is 3.85. The molecule has 3 aliphatic rings. The van der Waals surface area contributed by atoms with Crippen LogP contribution in [0.3, 0.4) is 0 Å². The highest BCUT2D eigenvalue weighted by atomic mass is 15.2. The van der Waals surface area contributed by atoms with Crippen LogP contribution in [-0.4, -0.2) is 62.2 Å². The fourth-order valence-corrected chi connectivity index (χ4v) is 3.09. The van der Waals surface area contributed by atoms with E-state index >= 15 is 0 Å². The van der Waals surface area contributed by atoms with E-state index in [-0.39, 0.29) is 0 Å². The molecule has 0 bridgehead atoms. The summed E-state index contributed by atoms with van der Waals surface area (Å²) in [6, 6.07) is 0.877. The molecule has 3 heteroatoms. The van der Waals surface area contributed by atoms with Crippen molar-refractivity contribution in [3.05, 3.63) is 0 Å². The molecular weight excluding hydrogens is 210 g/mol. The van der Waals surface area contributed by atoms with Crippen molar-refractivity contribution in [1.82, 2.24) is 15.1 Å². The van der Waals surface area contributed by atoms with Gasteiger partial charge in [0.2, 0.25) is 0 Å². The van der Waals surface area contributed by atoms with E-state index in [0.29, 0.717) is 0 Å². The van der Waals surface area contributed by atoms with Gasteiger partial charge in [-0.15, -0.1) is 0 Å². The molecule has 0 amide bonds. The van der Waals surface area contributed by atoms with E-state index < -0.39 is 0 Å². The van der Waals surface area contributed by atoms with Crippen LogP contribution in [0.15, 0.2) is 0 Å². The molecule has 1 heterocycles. The summed E-state index contributed by atoms with van der Waals surface area (Å²) in [6.45, 7) is 7.47. The zero-order valence-electron chi connectivity index (χ0n) is 11.2. The van der Waals surface area contributed by atoms with Gasteiger partial charge < -0.3 is 10.2 Å². The lowest BCUT2D eigenvalue weighted by Crippen LogP contribution is -2.47. The Morgan fingerprint density at radius 3 is 2.12 bits per heavy atom. The van der Waals surface area contributed by atoms with E-state index in [9.17, 15) is 0 Å². The Balaban J connectivity index is 1.33. The molecule has 3 nitrogen and oxygen atoms in total. The van der Waals surface area contributed by atoms with Gasteiger partial charge in [0.15, 0.2) is 0 Å². The van der Waals surface area contributed by atoms with Crippen molar-refractivity contribution in [3.8, 4) is 0 Å². The molecule has 1 N–H and O–H groups in total. The van der Waals surface area contributed by atoms with Crippen LogP contribution in [0.1, 0.15) is 25.7 Å². The van der Waals surface area contributed by atoms with Crippen LogP contribution >= 0.6 is 0 Å². The highest BCUT2D eigenvalue weighted by Gasteiger charge is 2.40. The number of piperazine rings is 1. The van der Waals surface area contributed by atoms with Crippen molar-refractivity contribution in [1.29, 1.82) is 0 Å². The molecule has 0 unspecified atom stereocenters. The van der Waals surface area contributed by atoms with Gasteiger partial charge in [-0.25, -0.2) is 0 Å². The summed E-state index contributed by atoms with van der Waals surface area (Å²) in [7, 11) is 2.23. The summed E-state index contributed by atoms with van der Waals surface area (Å²) in [6.07, 6.45) is 5.96. The summed E-state index contributed by atoms with van der Waals surface area (Å²) in [5.74, 6) is 2.07. The molecule has 3 fully saturated rings. The first-order valence-corrected chi connectivity index (χ1v) is 7.47. The fourth-order valence-electron chi connectivity index (χ4n) is 3.09. The maximum absolute atomic E-state index is 3.85. The minimum absolute atomic E-state index is 0.877. The molecule has 0 aromatic carbocycles. The lowest BCUT2D eigenvalue weighted by Gasteiger charge is -2.32. The van der Waals surface area contributed by atoms with Crippen molar-refractivity contribution < 1.29 is 0 Å². The van der Waals surface area contributed by atoms with E-state index in [1.807, 2.05) is 0 Å². The van der Waals surface area contributed by atoms with Gasteiger partial charge in [-0.2, -0.15) is 0 Å². The Hall–Kier alpha value is -0.120. The Labute approximate surface area is 106 Å². The number of hydrogen-bond acceptors (Lipinski definition) is 3. The average molecular weight is 237 g/mol. The monoisotopic (exact) mass is 237 g/mol. The molecule has 2 saturated carbocycles. The van der Waals surface area contributed by atoms with Gasteiger partial charge in [0.05, 0.1) is 0 Å². The van der Waals surface area contributed by atoms with Gasteiger partial charge in [0.25, 0.3) is 0 Å². The molecule has 1 saturated heterocycles. The minimum atomic E-state index is 0.877. The predicted octanol–water partition coefficient (Wildman–Crippen LogP) is 1.01. The molecule has 0 aromatic heterocycles. The van der Waals surface area contributed by atoms with Crippen molar-refractivity contribution in [3.63, 3.8) is 0 Å². The molecule has 0 atom stereocenters. The number of nitrogens with zero attached hydrogens (tertiary/aromatic N) is 2. The quantitative estimate of drug-likeness (QED) is 0.744. The standard InChI is InChI=1S/C14H27N3/c1-16-8-10-17(11-9-16)7-6-15-14(12-2-3-12)13-4-5-13/h12-15H,2-11H2,1H3. The molecular formula is C14H27N3. The maximum atomic E-state index is 3.85. The van der Waals surface area contributed by atoms with Gasteiger partial charge in [-0.1, -0.05) is 0 Å². The third-order valence-electron chi connectivity index (χ3n) is 4.66. The zero-order valence-corrected chi connectivity index (χ0v) is 11.2. The third kappa shape index (κ3) is 3.43. The van der Waals surface area contributed by atoms with Gasteiger partial charge in [-0.3, -0.25) is 4.90 Å². The lowest BCUT2D eigenvalue weighted by atomic mass is 10.1. The number of nitrogens with one attached hydrogen (secondary N) is 1. The Morgan fingerprint density at radius 2 is 1.59 bits per heavy atom. The molecule has 3 rings (SSSR count). The number of rotatable bonds is 6. The average Bonchev–Trinajstić information content (AvgIpc) is 3.19. The normalized spacial score (nSPS) is 27.9. The Bertz CT molecular complexity index is 228. The molecule has 0 aromatic rings. The zero-order chi connectivity index (χ0) is 11.7. The number of likely N-dealkylation sites (N-methyl/N-ethyl adjacent to an activating group) is 1. The third-order valence-corrected chi connectivity index (χ3v) is 4.66. The molecule has 17 heavy (non-hydrogen) atoms. The van der Waals surface area contributed by atoms with E-state index in [0.717, 1.165) is 17.9 Å². The molecule has 1 aliphatic heterocycles. The van der Waals surface area contributed by atoms with Gasteiger partial charge in [-0.05, 0) is 44.6 Å². The summed E-state index contributed by atoms with van der Waals surface area (Å²) >= 11 is 0. The number of hydrogen-bond donors (Lipinski definition) is 1. The molecule has 98 valence electrons. The maximum Gasteiger partial charge on any atom is 0.0124 e.